The van der Waals surface area contributed by atoms with Crippen molar-refractivity contribution < 1.29 is 14.5 Å². The number of rotatable bonds is 10. The first kappa shape index (κ1) is 24.6. The summed E-state index contributed by atoms with van der Waals surface area (Å²) in [7, 11) is 0. The Balaban J connectivity index is 1.68. The van der Waals surface area contributed by atoms with Crippen LogP contribution in [0.3, 0.4) is 0 Å². The van der Waals surface area contributed by atoms with Gasteiger partial charge in [-0.15, -0.1) is 16.8 Å². The van der Waals surface area contributed by atoms with Gasteiger partial charge < -0.3 is 10.1 Å². The smallest absolute Gasteiger partial charge is 0.271 e. The monoisotopic (exact) mass is 507 g/mol. The van der Waals surface area contributed by atoms with E-state index < -0.39 is 11.0 Å². The van der Waals surface area contributed by atoms with E-state index in [0.717, 1.165) is 0 Å². The van der Waals surface area contributed by atoms with Crippen LogP contribution < -0.4 is 10.1 Å². The number of nitro benzene ring substituents is 1. The molecule has 0 fully saturated rings. The van der Waals surface area contributed by atoms with Crippen LogP contribution in [0.2, 0.25) is 10.0 Å². The fraction of sp³-hybridized carbons (Fsp3) is 0.190. The summed E-state index contributed by atoms with van der Waals surface area (Å²) >= 11 is 13.3. The molecule has 172 valence electrons. The number of carbonyl (C=O) groups is 1. The van der Waals surface area contributed by atoms with E-state index in [4.69, 9.17) is 27.9 Å². The van der Waals surface area contributed by atoms with E-state index in [1.807, 2.05) is 0 Å². The topological polar surface area (TPSA) is 112 Å². The van der Waals surface area contributed by atoms with Gasteiger partial charge in [-0.25, -0.2) is 0 Å². The van der Waals surface area contributed by atoms with Gasteiger partial charge in [-0.3, -0.25) is 19.5 Å². The maximum atomic E-state index is 12.4. The number of hydrogen-bond acceptors (Lipinski definition) is 7. The maximum Gasteiger partial charge on any atom is 0.271 e. The lowest BCUT2D eigenvalue weighted by Gasteiger charge is -2.16. The minimum atomic E-state index is -0.524. The molecule has 3 rings (SSSR count). The minimum absolute atomic E-state index is 0.0240. The van der Waals surface area contributed by atoms with Gasteiger partial charge in [-0.1, -0.05) is 47.1 Å². The lowest BCUT2D eigenvalue weighted by molar-refractivity contribution is -0.384. The van der Waals surface area contributed by atoms with Crippen molar-refractivity contribution in [3.63, 3.8) is 0 Å². The van der Waals surface area contributed by atoms with E-state index >= 15 is 0 Å². The summed E-state index contributed by atoms with van der Waals surface area (Å²) < 4.78 is 7.71. The van der Waals surface area contributed by atoms with E-state index in [9.17, 15) is 14.9 Å². The molecule has 1 heterocycles. The Morgan fingerprint density at radius 2 is 2.12 bits per heavy atom. The number of nitrogens with zero attached hydrogens (tertiary/aromatic N) is 4. The lowest BCUT2D eigenvalue weighted by atomic mass is 10.3. The van der Waals surface area contributed by atoms with Gasteiger partial charge in [0.25, 0.3) is 5.69 Å². The fourth-order valence-electron chi connectivity index (χ4n) is 2.85. The zero-order chi connectivity index (χ0) is 24.0. The van der Waals surface area contributed by atoms with Crippen LogP contribution in [-0.2, 0) is 11.3 Å². The van der Waals surface area contributed by atoms with E-state index in [1.54, 1.807) is 41.8 Å². The predicted molar refractivity (Wildman–Crippen MR) is 128 cm³/mol. The Kier molecular flexibility index (Phi) is 8.32. The first-order valence-electron chi connectivity index (χ1n) is 9.61. The molecule has 0 saturated heterocycles. The van der Waals surface area contributed by atoms with E-state index in [1.165, 1.54) is 30.0 Å². The normalized spacial score (nSPS) is 11.6. The van der Waals surface area contributed by atoms with Crippen LogP contribution in [0.4, 0.5) is 11.4 Å². The molecular formula is C21H19Cl2N5O4S. The van der Waals surface area contributed by atoms with Gasteiger partial charge in [0.15, 0.2) is 17.1 Å². The number of allylic oxidation sites excluding steroid dienone is 1. The number of carbonyl (C=O) groups excluding carboxylic acids is 1. The number of aromatic nitrogens is 3. The Labute approximate surface area is 203 Å². The average molecular weight is 508 g/mol. The highest BCUT2D eigenvalue weighted by molar-refractivity contribution is 7.99. The summed E-state index contributed by atoms with van der Waals surface area (Å²) in [6.07, 6.45) is 1.19. The number of ether oxygens (including phenoxy) is 1. The molecule has 33 heavy (non-hydrogen) atoms. The zero-order valence-electron chi connectivity index (χ0n) is 17.4. The van der Waals surface area contributed by atoms with Gasteiger partial charge >= 0.3 is 0 Å². The molecule has 3 aromatic rings. The summed E-state index contributed by atoms with van der Waals surface area (Å²) in [6.45, 7) is 5.97. The molecular weight excluding hydrogens is 489 g/mol. The number of hydrogen-bond donors (Lipinski definition) is 1. The number of anilines is 1. The Morgan fingerprint density at radius 3 is 2.82 bits per heavy atom. The van der Waals surface area contributed by atoms with Crippen LogP contribution in [0.15, 0.2) is 60.3 Å². The molecule has 1 unspecified atom stereocenters. The summed E-state index contributed by atoms with van der Waals surface area (Å²) in [4.78, 5) is 22.7. The quantitative estimate of drug-likeness (QED) is 0.165. The molecule has 0 aliphatic carbocycles. The molecule has 0 bridgehead atoms. The van der Waals surface area contributed by atoms with Crippen molar-refractivity contribution in [3.05, 3.63) is 81.1 Å². The predicted octanol–water partition coefficient (Wildman–Crippen LogP) is 5.55. The van der Waals surface area contributed by atoms with Crippen LogP contribution in [0.1, 0.15) is 18.9 Å². The second-order valence-corrected chi connectivity index (χ2v) is 8.51. The van der Waals surface area contributed by atoms with Crippen LogP contribution in [0.25, 0.3) is 0 Å². The summed E-state index contributed by atoms with van der Waals surface area (Å²) in [5, 5.41) is 23.3. The van der Waals surface area contributed by atoms with E-state index in [2.05, 4.69) is 22.1 Å². The zero-order valence-corrected chi connectivity index (χ0v) is 19.7. The minimum Gasteiger partial charge on any atom is -0.481 e. The highest BCUT2D eigenvalue weighted by atomic mass is 35.5. The second-order valence-electron chi connectivity index (χ2n) is 6.72. The van der Waals surface area contributed by atoms with E-state index in [0.29, 0.717) is 39.0 Å². The molecule has 1 atom stereocenters. The molecule has 0 radical (unpaired) electrons. The highest BCUT2D eigenvalue weighted by Crippen LogP contribution is 2.32. The Morgan fingerprint density at radius 1 is 1.33 bits per heavy atom. The van der Waals surface area contributed by atoms with Crippen LogP contribution in [0.5, 0.6) is 5.75 Å². The Hall–Kier alpha value is -3.08. The average Bonchev–Trinajstić information content (AvgIpc) is 3.17. The summed E-state index contributed by atoms with van der Waals surface area (Å²) in [5.74, 6) is 0.665. The lowest BCUT2D eigenvalue weighted by Crippen LogP contribution is -2.15. The second kappa shape index (κ2) is 11.2. The van der Waals surface area contributed by atoms with Crippen LogP contribution in [-0.4, -0.2) is 31.3 Å². The molecule has 0 aliphatic rings. The molecule has 0 aliphatic heterocycles. The molecule has 1 amide bonds. The molecule has 1 aromatic heterocycles. The Bertz CT molecular complexity index is 1190. The third-order valence-corrected chi connectivity index (χ3v) is 5.79. The first-order chi connectivity index (χ1) is 15.8. The number of benzene rings is 2. The van der Waals surface area contributed by atoms with Crippen molar-refractivity contribution >= 4 is 52.2 Å². The first-order valence-corrected chi connectivity index (χ1v) is 11.4. The number of amides is 1. The largest absolute Gasteiger partial charge is 0.481 e. The van der Waals surface area contributed by atoms with Gasteiger partial charge in [0.1, 0.15) is 5.75 Å². The summed E-state index contributed by atoms with van der Waals surface area (Å²) in [5.41, 5.74) is 0.232. The molecule has 9 nitrogen and oxygen atoms in total. The molecule has 0 spiro atoms. The van der Waals surface area contributed by atoms with Gasteiger partial charge in [0.05, 0.1) is 15.7 Å². The van der Waals surface area contributed by atoms with Gasteiger partial charge in [-0.2, -0.15) is 0 Å². The summed E-state index contributed by atoms with van der Waals surface area (Å²) in [6, 6.07) is 10.7. The van der Waals surface area contributed by atoms with Crippen LogP contribution >= 0.6 is 35.0 Å². The number of halogens is 2. The van der Waals surface area contributed by atoms with Crippen molar-refractivity contribution in [1.29, 1.82) is 0 Å². The number of thioether (sulfide) groups is 1. The molecule has 1 N–H and O–H groups in total. The number of nitro groups is 1. The van der Waals surface area contributed by atoms with E-state index in [-0.39, 0.29) is 17.3 Å². The third kappa shape index (κ3) is 6.47. The molecule has 2 aromatic carbocycles. The number of nitrogens with one attached hydrogen (secondary N) is 1. The van der Waals surface area contributed by atoms with Gasteiger partial charge in [0, 0.05) is 29.4 Å². The fourth-order valence-corrected chi connectivity index (χ4v) is 4.05. The molecule has 12 heteroatoms. The van der Waals surface area contributed by atoms with Crippen molar-refractivity contribution in [1.82, 2.24) is 14.8 Å². The maximum absolute atomic E-state index is 12.4. The SMILES string of the molecule is C=CCn1c(SCC(=O)Nc2cccc([N+](=O)[O-])c2)nnc1C(C)Oc1ccc(Cl)cc1Cl. The van der Waals surface area contributed by atoms with Crippen LogP contribution in [0, 0.1) is 10.1 Å². The van der Waals surface area contributed by atoms with Crippen molar-refractivity contribution in [2.24, 2.45) is 0 Å². The standard InChI is InChI=1S/C21H19Cl2N5O4S/c1-3-9-27-20(13(2)32-18-8-7-14(22)10-17(18)23)25-26-21(27)33-12-19(29)24-15-5-4-6-16(11-15)28(30)31/h3-8,10-11,13H,1,9,12H2,2H3,(H,24,29). The van der Waals surface area contributed by atoms with Crippen molar-refractivity contribution in [2.45, 2.75) is 24.7 Å². The number of non-ortho nitro benzene ring substituents is 1. The molecule has 0 saturated carbocycles. The van der Waals surface area contributed by atoms with Gasteiger partial charge in [-0.05, 0) is 31.2 Å². The third-order valence-electron chi connectivity index (χ3n) is 4.29. The van der Waals surface area contributed by atoms with Crippen molar-refractivity contribution in [2.75, 3.05) is 11.1 Å². The highest BCUT2D eigenvalue weighted by Gasteiger charge is 2.21. The van der Waals surface area contributed by atoms with Gasteiger partial charge in [0.2, 0.25) is 5.91 Å². The van der Waals surface area contributed by atoms with Crippen molar-refractivity contribution in [3.8, 4) is 5.75 Å².